The van der Waals surface area contributed by atoms with Gasteiger partial charge in [-0.05, 0) is 110 Å². The number of rotatable bonds is 11. The number of fused-ring (bicyclic) bond motifs is 4. The third-order valence-electron chi connectivity index (χ3n) is 12.4. The van der Waals surface area contributed by atoms with Crippen LogP contribution in [0.3, 0.4) is 0 Å². The minimum absolute atomic E-state index is 0.0605. The third kappa shape index (κ3) is 9.03. The van der Waals surface area contributed by atoms with Gasteiger partial charge in [0.2, 0.25) is 0 Å². The summed E-state index contributed by atoms with van der Waals surface area (Å²) in [6.45, 7) is 16.3. The van der Waals surface area contributed by atoms with Crippen LogP contribution >= 0.6 is 0 Å². The molecule has 0 amide bonds. The molecule has 9 nitrogen and oxygen atoms in total. The third-order valence-corrected chi connectivity index (χ3v) is 12.4. The lowest BCUT2D eigenvalue weighted by Crippen LogP contribution is -2.59. The van der Waals surface area contributed by atoms with Gasteiger partial charge in [0.05, 0.1) is 65.6 Å². The average molecular weight is 703 g/mol. The molecule has 0 aromatic heterocycles. The molecule has 50 heavy (non-hydrogen) atoms. The van der Waals surface area contributed by atoms with Crippen molar-refractivity contribution < 1.29 is 43.4 Å². The summed E-state index contributed by atoms with van der Waals surface area (Å²) in [4.78, 5) is 0. The van der Waals surface area contributed by atoms with Crippen LogP contribution in [-0.4, -0.2) is 102 Å². The molecule has 6 unspecified atom stereocenters. The maximum atomic E-state index is 11.8. The molecule has 5 aliphatic rings. The van der Waals surface area contributed by atoms with Gasteiger partial charge in [0.1, 0.15) is 6.10 Å². The van der Waals surface area contributed by atoms with Crippen molar-refractivity contribution in [1.29, 1.82) is 0 Å². The molecule has 5 aliphatic heterocycles. The first-order valence-electron chi connectivity index (χ1n) is 19.1. The predicted molar refractivity (Wildman–Crippen MR) is 194 cm³/mol. The van der Waals surface area contributed by atoms with E-state index in [0.717, 1.165) is 56.9 Å². The minimum atomic E-state index is -0.924. The molecule has 2 N–H and O–H groups in total. The summed E-state index contributed by atoms with van der Waals surface area (Å²) in [6.07, 6.45) is 15.5. The standard InChI is InChI=1S/C41H66O9/c1-10-11-12-13-17-34-39(5,43)20-18-31-32(46-34)19-21-40(6)36(47-31)24-33-38(50-40)29(42)25-41(7)35(48-33)22-28(4)30(49-41)16-14-15-26(2)27(3)23-37(44-8)45-9/h10-12,15,23,28-38,42-43H,1,13-14,16-22,24-25H2,2-9H3/t28?,29?,30-,31?,32-,33?,34+,35?,36?,38-,39+,40+,41+/m0/s1. The fourth-order valence-corrected chi connectivity index (χ4v) is 8.97. The highest BCUT2D eigenvalue weighted by Crippen LogP contribution is 2.49. The SMILES string of the molecule is C=CC=CCC[C@H]1O[C@H]2CC[C@@]3(C)O[C@H]4C(O)C[C@@]5(C)O[C@@H](CCC=C(C)C(C)=CC(OC)OC)C(C)CC5OC4CC3OC2CC[C@@]1(C)O. The Morgan fingerprint density at radius 3 is 2.28 bits per heavy atom. The first-order valence-corrected chi connectivity index (χ1v) is 19.1. The van der Waals surface area contributed by atoms with Crippen molar-refractivity contribution in [2.75, 3.05) is 14.2 Å². The van der Waals surface area contributed by atoms with Gasteiger partial charge in [-0.25, -0.2) is 0 Å². The van der Waals surface area contributed by atoms with Crippen LogP contribution in [-0.2, 0) is 33.2 Å². The van der Waals surface area contributed by atoms with Crippen LogP contribution in [0.1, 0.15) is 112 Å². The maximum absolute atomic E-state index is 11.8. The fraction of sp³-hybridized carbons (Fsp3) is 0.805. The molecule has 0 aromatic rings. The Kier molecular flexibility index (Phi) is 13.3. The van der Waals surface area contributed by atoms with E-state index >= 15 is 0 Å². The second-order valence-corrected chi connectivity index (χ2v) is 16.4. The Labute approximate surface area is 301 Å². The van der Waals surface area contributed by atoms with E-state index in [4.69, 9.17) is 33.2 Å². The first kappa shape index (κ1) is 39.8. The summed E-state index contributed by atoms with van der Waals surface area (Å²) in [6, 6.07) is 0. The first-order chi connectivity index (χ1) is 23.7. The molecule has 5 rings (SSSR count). The Balaban J connectivity index is 1.24. The van der Waals surface area contributed by atoms with E-state index in [1.807, 2.05) is 19.1 Å². The van der Waals surface area contributed by atoms with Crippen LogP contribution in [0.15, 0.2) is 48.1 Å². The minimum Gasteiger partial charge on any atom is -0.390 e. The average Bonchev–Trinajstić information content (AvgIpc) is 3.33. The molecule has 0 aromatic carbocycles. The van der Waals surface area contributed by atoms with E-state index in [1.165, 1.54) is 5.57 Å². The van der Waals surface area contributed by atoms with Gasteiger partial charge in [-0.1, -0.05) is 43.4 Å². The number of allylic oxidation sites excluding steroid dienone is 6. The number of ether oxygens (including phenoxy) is 7. The largest absolute Gasteiger partial charge is 0.390 e. The quantitative estimate of drug-likeness (QED) is 0.176. The highest BCUT2D eigenvalue weighted by atomic mass is 16.7. The zero-order chi connectivity index (χ0) is 36.3. The zero-order valence-corrected chi connectivity index (χ0v) is 32.0. The van der Waals surface area contributed by atoms with Crippen molar-refractivity contribution in [3.05, 3.63) is 48.1 Å². The van der Waals surface area contributed by atoms with E-state index in [9.17, 15) is 10.2 Å². The van der Waals surface area contributed by atoms with Gasteiger partial charge in [-0.2, -0.15) is 0 Å². The molecule has 9 heteroatoms. The highest BCUT2D eigenvalue weighted by molar-refractivity contribution is 5.27. The van der Waals surface area contributed by atoms with E-state index in [1.54, 1.807) is 20.3 Å². The van der Waals surface area contributed by atoms with Crippen molar-refractivity contribution in [2.24, 2.45) is 5.92 Å². The van der Waals surface area contributed by atoms with Crippen LogP contribution in [0.2, 0.25) is 0 Å². The van der Waals surface area contributed by atoms with Crippen molar-refractivity contribution >= 4 is 0 Å². The lowest BCUT2D eigenvalue weighted by atomic mass is 9.79. The van der Waals surface area contributed by atoms with Gasteiger partial charge < -0.3 is 43.4 Å². The number of aliphatic hydroxyl groups is 2. The van der Waals surface area contributed by atoms with Crippen LogP contribution in [0.25, 0.3) is 0 Å². The number of hydrogen-bond donors (Lipinski definition) is 2. The molecule has 284 valence electrons. The number of aliphatic hydroxyl groups excluding tert-OH is 1. The lowest BCUT2D eigenvalue weighted by molar-refractivity contribution is -0.273. The van der Waals surface area contributed by atoms with E-state index in [-0.39, 0.29) is 49.0 Å². The molecule has 0 bridgehead atoms. The monoisotopic (exact) mass is 702 g/mol. The molecule has 5 saturated heterocycles. The van der Waals surface area contributed by atoms with Gasteiger partial charge in [0.15, 0.2) is 6.29 Å². The summed E-state index contributed by atoms with van der Waals surface area (Å²) in [7, 11) is 3.28. The fourth-order valence-electron chi connectivity index (χ4n) is 8.97. The number of hydrogen-bond acceptors (Lipinski definition) is 9. The van der Waals surface area contributed by atoms with Crippen molar-refractivity contribution in [1.82, 2.24) is 0 Å². The van der Waals surface area contributed by atoms with Crippen molar-refractivity contribution in [3.8, 4) is 0 Å². The molecule has 0 spiro atoms. The molecule has 13 atom stereocenters. The van der Waals surface area contributed by atoms with Crippen molar-refractivity contribution in [2.45, 2.75) is 190 Å². The number of methoxy groups -OCH3 is 2. The zero-order valence-electron chi connectivity index (χ0n) is 32.0. The summed E-state index contributed by atoms with van der Waals surface area (Å²) in [5.74, 6) is 0.305. The Bertz CT molecular complexity index is 1220. The molecule has 5 heterocycles. The molecular formula is C41H66O9. The maximum Gasteiger partial charge on any atom is 0.176 e. The van der Waals surface area contributed by atoms with E-state index in [0.29, 0.717) is 25.2 Å². The molecular weight excluding hydrogens is 636 g/mol. The normalized spacial score (nSPS) is 44.4. The lowest BCUT2D eigenvalue weighted by Gasteiger charge is -2.49. The van der Waals surface area contributed by atoms with Crippen molar-refractivity contribution in [3.63, 3.8) is 0 Å². The Morgan fingerprint density at radius 2 is 1.56 bits per heavy atom. The molecule has 5 fully saturated rings. The van der Waals surface area contributed by atoms with Crippen LogP contribution in [0.5, 0.6) is 0 Å². The van der Waals surface area contributed by atoms with Crippen LogP contribution < -0.4 is 0 Å². The van der Waals surface area contributed by atoms with Gasteiger partial charge in [0, 0.05) is 27.1 Å². The smallest absolute Gasteiger partial charge is 0.176 e. The summed E-state index contributed by atoms with van der Waals surface area (Å²) < 4.78 is 45.0. The second kappa shape index (κ2) is 16.7. The molecule has 0 aliphatic carbocycles. The Hall–Kier alpha value is -1.40. The summed E-state index contributed by atoms with van der Waals surface area (Å²) in [5, 5.41) is 23.1. The van der Waals surface area contributed by atoms with E-state index in [2.05, 4.69) is 53.3 Å². The van der Waals surface area contributed by atoms with Gasteiger partial charge in [-0.15, -0.1) is 0 Å². The predicted octanol–water partition coefficient (Wildman–Crippen LogP) is 6.90. The van der Waals surface area contributed by atoms with Gasteiger partial charge in [-0.3, -0.25) is 0 Å². The van der Waals surface area contributed by atoms with Gasteiger partial charge >= 0.3 is 0 Å². The summed E-state index contributed by atoms with van der Waals surface area (Å²) >= 11 is 0. The van der Waals surface area contributed by atoms with Crippen LogP contribution in [0, 0.1) is 5.92 Å². The summed E-state index contributed by atoms with van der Waals surface area (Å²) in [5.41, 5.74) is 0.199. The van der Waals surface area contributed by atoms with E-state index < -0.39 is 29.0 Å². The van der Waals surface area contributed by atoms with Gasteiger partial charge in [0.25, 0.3) is 0 Å². The Morgan fingerprint density at radius 1 is 0.880 bits per heavy atom. The molecule has 0 saturated carbocycles. The second-order valence-electron chi connectivity index (χ2n) is 16.4. The van der Waals surface area contributed by atoms with Crippen LogP contribution in [0.4, 0.5) is 0 Å². The topological polar surface area (TPSA) is 105 Å². The molecule has 0 radical (unpaired) electrons. The highest BCUT2D eigenvalue weighted by Gasteiger charge is 2.58.